The fourth-order valence-electron chi connectivity index (χ4n) is 23.4. The van der Waals surface area contributed by atoms with Crippen LogP contribution in [0.2, 0.25) is 0 Å². The van der Waals surface area contributed by atoms with Crippen LogP contribution in [0.25, 0.3) is 196 Å². The van der Waals surface area contributed by atoms with Gasteiger partial charge < -0.3 is 14.4 Å². The van der Waals surface area contributed by atoms with Crippen LogP contribution in [-0.2, 0) is 0 Å². The molecule has 0 atom stereocenters. The lowest BCUT2D eigenvalue weighted by molar-refractivity contribution is 1.37. The van der Waals surface area contributed by atoms with Gasteiger partial charge >= 0.3 is 20.5 Å². The van der Waals surface area contributed by atoms with Gasteiger partial charge in [-0.2, -0.15) is 0 Å². The molecule has 0 fully saturated rings. The highest BCUT2D eigenvalue weighted by Crippen LogP contribution is 2.57. The van der Waals surface area contributed by atoms with E-state index in [9.17, 15) is 0 Å². The predicted octanol–water partition coefficient (Wildman–Crippen LogP) is 27.6. The summed E-state index contributed by atoms with van der Waals surface area (Å²) in [6.07, 6.45) is 0. The van der Waals surface area contributed by atoms with Gasteiger partial charge in [0, 0.05) is 67.5 Å². The Balaban J connectivity index is 0.0000000961. The third kappa shape index (κ3) is 9.98. The van der Waals surface area contributed by atoms with Crippen LogP contribution in [0.1, 0.15) is 0 Å². The fourth-order valence-corrected chi connectivity index (χ4v) is 23.4. The smallest absolute Gasteiger partial charge is 0.329 e. The summed E-state index contributed by atoms with van der Waals surface area (Å²) in [4.78, 5) is 7.91. The molecule has 0 saturated heterocycles. The van der Waals surface area contributed by atoms with Crippen molar-refractivity contribution in [2.45, 2.75) is 0 Å². The number of rotatable bonds is 0. The highest BCUT2D eigenvalue weighted by molar-refractivity contribution is 6.95. The Kier molecular flexibility index (Phi) is 14.8. The van der Waals surface area contributed by atoms with Crippen LogP contribution in [0.3, 0.4) is 0 Å². The molecule has 0 bridgehead atoms. The predicted molar refractivity (Wildman–Crippen MR) is 543 cm³/mol. The zero-order chi connectivity index (χ0) is 82.1. The lowest BCUT2D eigenvalue weighted by atomic mass is 9.42. The molecule has 0 spiro atoms. The SMILES string of the molecule is c1ccc2c3c(ccc2c1)B1c2ccc4ccccc4c2-c2c(ccc4ccccc24)N1c1ccc2ccccc2c1-3.c1ccc2cc3c(cc2c1)-c1c(ccc2ccccc12)B1c2ccc4ccccc4c2-c2cc4ccccc4cc2N13.c1ccc2cc3c(cc2c1)B1c2ccc4ccccc4c2-c2c(ccc4ccccc24)N1c1cc2ccccc2cc1-3. The minimum Gasteiger partial charge on any atom is -0.376 e. The van der Waals surface area contributed by atoms with Gasteiger partial charge in [-0.05, 0) is 256 Å². The van der Waals surface area contributed by atoms with Crippen LogP contribution in [-0.4, -0.2) is 20.5 Å². The van der Waals surface area contributed by atoms with E-state index in [4.69, 9.17) is 0 Å². The molecule has 0 aromatic heterocycles. The van der Waals surface area contributed by atoms with Gasteiger partial charge in [0.2, 0.25) is 0 Å². The van der Waals surface area contributed by atoms with Crippen molar-refractivity contribution in [1.82, 2.24) is 0 Å². The molecular formula is C120H72B3N3. The van der Waals surface area contributed by atoms with Crippen LogP contribution >= 0.6 is 0 Å². The second kappa shape index (κ2) is 26.7. The molecule has 0 saturated carbocycles. The van der Waals surface area contributed by atoms with Gasteiger partial charge in [0.15, 0.2) is 0 Å². The van der Waals surface area contributed by atoms with Crippen LogP contribution in [0.4, 0.5) is 34.1 Å². The first-order valence-electron chi connectivity index (χ1n) is 44.2. The van der Waals surface area contributed by atoms with E-state index in [1.165, 1.54) is 263 Å². The summed E-state index contributed by atoms with van der Waals surface area (Å²) >= 11 is 0. The van der Waals surface area contributed by atoms with Gasteiger partial charge in [0.05, 0.1) is 0 Å². The van der Waals surface area contributed by atoms with Gasteiger partial charge in [0.1, 0.15) is 0 Å². The summed E-state index contributed by atoms with van der Waals surface area (Å²) in [5, 5.41) is 30.9. The third-order valence-corrected chi connectivity index (χ3v) is 28.7. The number of anilines is 6. The van der Waals surface area contributed by atoms with Crippen molar-refractivity contribution >= 4 is 217 Å². The largest absolute Gasteiger partial charge is 0.376 e. The molecule has 0 amide bonds. The molecule has 6 aliphatic heterocycles. The molecule has 6 heteroatoms. The Morgan fingerprint density at radius 2 is 0.310 bits per heavy atom. The molecule has 0 radical (unpaired) electrons. The Labute approximate surface area is 729 Å². The number of hydrogen-bond acceptors (Lipinski definition) is 3. The maximum Gasteiger partial charge on any atom is 0.329 e. The standard InChI is InChI=1S/3C40H24BN/c1-5-13-29-25(9-1)17-21-33-37(29)39-31-15-7-3-11-27(31)19-23-35(39)42-36-24-20-28-12-4-8-16-32(28)40(36)38-30-14-6-2-10-26(30)18-22-34(38)41(33)42;1-3-13-29-23-37-33(21-27(29)11-1)39-31-15-7-5-9-25(31)17-19-35(39)41-36-20-18-26-10-6-8-16-32(26)40(36)34-22-28-12-2-4-14-30(28)24-38(34)42(37)41;1-3-13-29-23-36-33(21-27(29)11-1)34-22-28-12-2-4-14-30(28)24-38(34)42-37-20-18-26-10-6-8-16-32(26)40(37)39-31-15-7-5-9-25(31)17-19-35(39)41(36)42/h3*1-24H. The Morgan fingerprint density at radius 3 is 0.611 bits per heavy atom. The van der Waals surface area contributed by atoms with Crippen molar-refractivity contribution in [2.24, 2.45) is 0 Å². The van der Waals surface area contributed by atoms with Gasteiger partial charge in [-0.3, -0.25) is 0 Å². The first-order chi connectivity index (χ1) is 62.5. The molecule has 6 heterocycles. The zero-order valence-corrected chi connectivity index (χ0v) is 68.6. The highest BCUT2D eigenvalue weighted by atomic mass is 15.1. The molecule has 24 aromatic carbocycles. The van der Waals surface area contributed by atoms with Crippen molar-refractivity contribution in [2.75, 3.05) is 14.4 Å². The monoisotopic (exact) mass is 1590 g/mol. The molecular weight excluding hydrogens is 1520 g/mol. The van der Waals surface area contributed by atoms with E-state index in [0.717, 1.165) is 0 Å². The summed E-state index contributed by atoms with van der Waals surface area (Å²) in [7, 11) is 0. The van der Waals surface area contributed by atoms with Crippen LogP contribution < -0.4 is 47.2 Å². The Bertz CT molecular complexity index is 7990. The third-order valence-electron chi connectivity index (χ3n) is 28.7. The quantitative estimate of drug-likeness (QED) is 0.140. The van der Waals surface area contributed by atoms with Gasteiger partial charge in [-0.25, -0.2) is 0 Å². The first-order valence-corrected chi connectivity index (χ1v) is 44.2. The van der Waals surface area contributed by atoms with E-state index in [-0.39, 0.29) is 20.5 Å². The topological polar surface area (TPSA) is 9.72 Å². The molecule has 0 unspecified atom stereocenters. The molecule has 0 N–H and O–H groups in total. The summed E-state index contributed by atoms with van der Waals surface area (Å²) in [5.41, 5.74) is 31.9. The normalized spacial score (nSPS) is 13.1. The average Bonchev–Trinajstić information content (AvgIpc) is 0.693. The van der Waals surface area contributed by atoms with Crippen molar-refractivity contribution in [3.63, 3.8) is 0 Å². The molecule has 30 rings (SSSR count). The van der Waals surface area contributed by atoms with Gasteiger partial charge in [-0.15, -0.1) is 0 Å². The van der Waals surface area contributed by atoms with Gasteiger partial charge in [-0.1, -0.05) is 376 Å². The minimum atomic E-state index is 0.0616. The van der Waals surface area contributed by atoms with E-state index in [0.29, 0.717) is 0 Å². The van der Waals surface area contributed by atoms with E-state index in [1.807, 2.05) is 0 Å². The van der Waals surface area contributed by atoms with E-state index < -0.39 is 0 Å². The maximum atomic E-state index is 2.64. The fraction of sp³-hybridized carbons (Fsp3) is 0. The summed E-state index contributed by atoms with van der Waals surface area (Å²) in [5.74, 6) is 0. The average molecular weight is 1590 g/mol. The molecule has 0 aliphatic carbocycles. The molecule has 126 heavy (non-hydrogen) atoms. The maximum absolute atomic E-state index is 2.64. The number of benzene rings is 24. The van der Waals surface area contributed by atoms with Crippen LogP contribution in [0, 0.1) is 0 Å². The van der Waals surface area contributed by atoms with Crippen LogP contribution in [0.15, 0.2) is 437 Å². The van der Waals surface area contributed by atoms with Crippen molar-refractivity contribution in [3.05, 3.63) is 437 Å². The summed E-state index contributed by atoms with van der Waals surface area (Å²) < 4.78 is 0. The Hall–Kier alpha value is -16.0. The van der Waals surface area contributed by atoms with Crippen molar-refractivity contribution in [1.29, 1.82) is 0 Å². The van der Waals surface area contributed by atoms with Crippen molar-refractivity contribution in [3.8, 4) is 66.8 Å². The molecule has 3 nitrogen and oxygen atoms in total. The number of hydrogen-bond donors (Lipinski definition) is 0. The summed E-state index contributed by atoms with van der Waals surface area (Å²) in [6, 6.07) is 163. The lowest BCUT2D eigenvalue weighted by Crippen LogP contribution is -2.59. The molecule has 24 aromatic rings. The zero-order valence-electron chi connectivity index (χ0n) is 68.6. The van der Waals surface area contributed by atoms with Crippen LogP contribution in [0.5, 0.6) is 0 Å². The number of fused-ring (bicyclic) bond motifs is 53. The Morgan fingerprint density at radius 1 is 0.119 bits per heavy atom. The number of nitrogens with zero attached hydrogens (tertiary/aromatic N) is 3. The van der Waals surface area contributed by atoms with E-state index in [2.05, 4.69) is 451 Å². The second-order valence-corrected chi connectivity index (χ2v) is 35.1. The molecule has 576 valence electrons. The van der Waals surface area contributed by atoms with Crippen molar-refractivity contribution < 1.29 is 0 Å². The summed E-state index contributed by atoms with van der Waals surface area (Å²) in [6.45, 7) is 0.185. The second-order valence-electron chi connectivity index (χ2n) is 35.1. The highest BCUT2D eigenvalue weighted by Gasteiger charge is 2.48. The lowest BCUT2D eigenvalue weighted by Gasteiger charge is -2.44. The minimum absolute atomic E-state index is 0.0616. The molecule has 6 aliphatic rings. The van der Waals surface area contributed by atoms with Gasteiger partial charge in [0.25, 0.3) is 0 Å². The van der Waals surface area contributed by atoms with E-state index in [1.54, 1.807) is 0 Å². The van der Waals surface area contributed by atoms with E-state index >= 15 is 0 Å². The first kappa shape index (κ1) is 69.6.